The van der Waals surface area contributed by atoms with Gasteiger partial charge in [0.25, 0.3) is 0 Å². The summed E-state index contributed by atoms with van der Waals surface area (Å²) in [5, 5.41) is 2.19. The second kappa shape index (κ2) is 8.37. The molecule has 1 aliphatic heterocycles. The first-order valence-corrected chi connectivity index (χ1v) is 12.0. The molecule has 1 atom stereocenters. The van der Waals surface area contributed by atoms with Crippen LogP contribution in [-0.4, -0.2) is 27.5 Å². The summed E-state index contributed by atoms with van der Waals surface area (Å²) in [7, 11) is 0. The van der Waals surface area contributed by atoms with Crippen molar-refractivity contribution < 1.29 is 9.53 Å². The highest BCUT2D eigenvalue weighted by Gasteiger charge is 2.33. The minimum atomic E-state index is -0.263. The van der Waals surface area contributed by atoms with Crippen molar-refractivity contribution >= 4 is 38.5 Å². The van der Waals surface area contributed by atoms with Gasteiger partial charge in [0.05, 0.1) is 16.3 Å². The molecule has 1 amide bonds. The average molecular weight is 454 g/mol. The zero-order valence-corrected chi connectivity index (χ0v) is 18.8. The van der Waals surface area contributed by atoms with Gasteiger partial charge < -0.3 is 9.72 Å². The van der Waals surface area contributed by atoms with Crippen molar-refractivity contribution in [2.75, 3.05) is 6.54 Å². The molecule has 3 aromatic carbocycles. The lowest BCUT2D eigenvalue weighted by atomic mass is 10.0. The summed E-state index contributed by atoms with van der Waals surface area (Å²) in [6.45, 7) is 0.994. The number of carbonyl (C=O) groups excluding carboxylic acids is 1. The fourth-order valence-electron chi connectivity index (χ4n) is 4.54. The number of fused-ring (bicyclic) bond motifs is 2. The molecular formula is C27H23N3O2S. The number of aromatic nitrogens is 2. The Labute approximate surface area is 195 Å². The zero-order chi connectivity index (χ0) is 22.2. The first-order valence-electron chi connectivity index (χ1n) is 11.2. The fourth-order valence-corrected chi connectivity index (χ4v) is 5.70. The Kier molecular flexibility index (Phi) is 5.07. The number of carbonyl (C=O) groups is 1. The highest BCUT2D eigenvalue weighted by atomic mass is 32.1. The fraction of sp³-hybridized carbons (Fsp3) is 0.185. The van der Waals surface area contributed by atoms with E-state index in [0.29, 0.717) is 6.54 Å². The molecule has 0 radical (unpaired) electrons. The quantitative estimate of drug-likeness (QED) is 0.321. The third kappa shape index (κ3) is 3.87. The van der Waals surface area contributed by atoms with Crippen LogP contribution in [0.25, 0.3) is 32.2 Å². The van der Waals surface area contributed by atoms with E-state index >= 15 is 0 Å². The normalized spacial score (nSPS) is 16.0. The molecule has 1 saturated heterocycles. The lowest BCUT2D eigenvalue weighted by Gasteiger charge is -2.22. The Morgan fingerprint density at radius 3 is 2.82 bits per heavy atom. The van der Waals surface area contributed by atoms with Crippen molar-refractivity contribution in [1.29, 1.82) is 0 Å². The Bertz CT molecular complexity index is 1440. The number of thiazole rings is 1. The predicted octanol–water partition coefficient (Wildman–Crippen LogP) is 6.92. The standard InChI is InChI=1S/C27H23N3O2S/c31-27(32-17-18-5-2-1-3-6-18)30-14-4-7-24(30)26-29-23-11-9-20(16-25(23)33-26)19-8-10-22-21(15-19)12-13-28-22/h1-3,5-6,8-13,15-16,24,28H,4,7,14,17H2. The van der Waals surface area contributed by atoms with Crippen molar-refractivity contribution in [3.05, 3.63) is 89.6 Å². The minimum absolute atomic E-state index is 0.0228. The molecule has 33 heavy (non-hydrogen) atoms. The van der Waals surface area contributed by atoms with Crippen LogP contribution in [0.5, 0.6) is 0 Å². The third-order valence-corrected chi connectivity index (χ3v) is 7.39. The zero-order valence-electron chi connectivity index (χ0n) is 18.0. The van der Waals surface area contributed by atoms with E-state index in [9.17, 15) is 4.79 Å². The van der Waals surface area contributed by atoms with Crippen LogP contribution >= 0.6 is 11.3 Å². The van der Waals surface area contributed by atoms with Gasteiger partial charge in [-0.3, -0.25) is 4.90 Å². The minimum Gasteiger partial charge on any atom is -0.445 e. The van der Waals surface area contributed by atoms with Crippen molar-refractivity contribution in [2.24, 2.45) is 0 Å². The van der Waals surface area contributed by atoms with Gasteiger partial charge in [0, 0.05) is 18.3 Å². The highest BCUT2D eigenvalue weighted by molar-refractivity contribution is 7.18. The number of rotatable bonds is 4. The Morgan fingerprint density at radius 2 is 1.91 bits per heavy atom. The summed E-state index contributed by atoms with van der Waals surface area (Å²) in [5.41, 5.74) is 5.47. The molecule has 1 N–H and O–H groups in total. The number of amides is 1. The topological polar surface area (TPSA) is 58.2 Å². The van der Waals surface area contributed by atoms with E-state index in [1.165, 1.54) is 16.5 Å². The molecule has 0 spiro atoms. The number of nitrogens with one attached hydrogen (secondary N) is 1. The van der Waals surface area contributed by atoms with Crippen LogP contribution in [0.2, 0.25) is 0 Å². The van der Waals surface area contributed by atoms with Crippen LogP contribution in [0.4, 0.5) is 4.79 Å². The maximum atomic E-state index is 12.8. The van der Waals surface area contributed by atoms with Crippen LogP contribution in [0, 0.1) is 0 Å². The number of H-pyrrole nitrogens is 1. The lowest BCUT2D eigenvalue weighted by molar-refractivity contribution is 0.0920. The Balaban J connectivity index is 1.23. The molecule has 6 heteroatoms. The number of aromatic amines is 1. The first-order chi connectivity index (χ1) is 16.2. The largest absolute Gasteiger partial charge is 0.445 e. The van der Waals surface area contributed by atoms with Gasteiger partial charge in [0.2, 0.25) is 0 Å². The van der Waals surface area contributed by atoms with Crippen LogP contribution in [0.1, 0.15) is 29.5 Å². The van der Waals surface area contributed by atoms with Crippen molar-refractivity contribution in [2.45, 2.75) is 25.5 Å². The average Bonchev–Trinajstić information content (AvgIpc) is 3.61. The van der Waals surface area contributed by atoms with Gasteiger partial charge in [-0.05, 0) is 65.3 Å². The summed E-state index contributed by atoms with van der Waals surface area (Å²) in [6.07, 6.45) is 3.58. The number of benzene rings is 3. The molecule has 0 aliphatic carbocycles. The van der Waals surface area contributed by atoms with E-state index in [0.717, 1.165) is 39.1 Å². The maximum Gasteiger partial charge on any atom is 0.410 e. The SMILES string of the molecule is O=C(OCc1ccccc1)N1CCCC1c1nc2ccc(-c3ccc4[nH]ccc4c3)cc2s1. The van der Waals surface area contributed by atoms with Gasteiger partial charge in [0.1, 0.15) is 11.6 Å². The summed E-state index contributed by atoms with van der Waals surface area (Å²) < 4.78 is 6.74. The van der Waals surface area contributed by atoms with Crippen molar-refractivity contribution in [3.8, 4) is 11.1 Å². The van der Waals surface area contributed by atoms with Crippen LogP contribution in [0.3, 0.4) is 0 Å². The maximum absolute atomic E-state index is 12.8. The summed E-state index contributed by atoms with van der Waals surface area (Å²) >= 11 is 1.68. The van der Waals surface area contributed by atoms with Crippen LogP contribution in [0.15, 0.2) is 79.0 Å². The van der Waals surface area contributed by atoms with Crippen LogP contribution < -0.4 is 0 Å². The number of likely N-dealkylation sites (tertiary alicyclic amines) is 1. The summed E-state index contributed by atoms with van der Waals surface area (Å²) in [5.74, 6) is 0. The molecule has 2 aromatic heterocycles. The van der Waals surface area contributed by atoms with Gasteiger partial charge >= 0.3 is 6.09 Å². The molecule has 1 aliphatic rings. The second-order valence-corrected chi connectivity index (χ2v) is 9.47. The van der Waals surface area contributed by atoms with E-state index in [-0.39, 0.29) is 18.7 Å². The van der Waals surface area contributed by atoms with Gasteiger partial charge in [0.15, 0.2) is 0 Å². The predicted molar refractivity (Wildman–Crippen MR) is 132 cm³/mol. The molecule has 5 nitrogen and oxygen atoms in total. The number of hydrogen-bond acceptors (Lipinski definition) is 4. The number of hydrogen-bond donors (Lipinski definition) is 1. The third-order valence-electron chi connectivity index (χ3n) is 6.27. The van der Waals surface area contributed by atoms with E-state index < -0.39 is 0 Å². The Hall–Kier alpha value is -3.64. The van der Waals surface area contributed by atoms with Crippen molar-refractivity contribution in [3.63, 3.8) is 0 Å². The van der Waals surface area contributed by atoms with Crippen molar-refractivity contribution in [1.82, 2.24) is 14.9 Å². The van der Waals surface area contributed by atoms with Gasteiger partial charge in [-0.2, -0.15) is 0 Å². The van der Waals surface area contributed by atoms with E-state index in [1.54, 1.807) is 11.3 Å². The van der Waals surface area contributed by atoms with E-state index in [2.05, 4.69) is 47.4 Å². The molecule has 0 bridgehead atoms. The van der Waals surface area contributed by atoms with Gasteiger partial charge in [-0.25, -0.2) is 9.78 Å². The van der Waals surface area contributed by atoms with E-state index in [4.69, 9.17) is 9.72 Å². The molecule has 164 valence electrons. The monoisotopic (exact) mass is 453 g/mol. The molecule has 5 aromatic rings. The molecule has 0 saturated carbocycles. The van der Waals surface area contributed by atoms with E-state index in [1.807, 2.05) is 41.4 Å². The molecular weight excluding hydrogens is 430 g/mol. The van der Waals surface area contributed by atoms with Gasteiger partial charge in [-0.15, -0.1) is 11.3 Å². The summed E-state index contributed by atoms with van der Waals surface area (Å²) in [4.78, 5) is 22.8. The lowest BCUT2D eigenvalue weighted by Crippen LogP contribution is -2.31. The first kappa shape index (κ1) is 20.0. The molecule has 1 unspecified atom stereocenters. The second-order valence-electron chi connectivity index (χ2n) is 8.41. The summed E-state index contributed by atoms with van der Waals surface area (Å²) in [6, 6.07) is 24.7. The number of ether oxygens (including phenoxy) is 1. The Morgan fingerprint density at radius 1 is 1.06 bits per heavy atom. The molecule has 3 heterocycles. The van der Waals surface area contributed by atoms with Crippen LogP contribution in [-0.2, 0) is 11.3 Å². The number of nitrogens with zero attached hydrogens (tertiary/aromatic N) is 2. The molecule has 1 fully saturated rings. The smallest absolute Gasteiger partial charge is 0.410 e. The molecule has 6 rings (SSSR count). The van der Waals surface area contributed by atoms with Gasteiger partial charge in [-0.1, -0.05) is 42.5 Å². The highest BCUT2D eigenvalue weighted by Crippen LogP contribution is 2.38.